The summed E-state index contributed by atoms with van der Waals surface area (Å²) >= 11 is 0. The standard InChI is InChI=1S/C15H22N4O/c1-4-12-8-14(19(5-2)18-12)11-20-15-7-6-13(9-16-3)17-10-15/h6-8,10,16H,4-5,9,11H2,1-3H3. The molecular formula is C15H22N4O. The monoisotopic (exact) mass is 274 g/mol. The molecule has 2 rings (SSSR count). The zero-order valence-corrected chi connectivity index (χ0v) is 12.4. The van der Waals surface area contributed by atoms with Crippen molar-refractivity contribution in [3.63, 3.8) is 0 Å². The molecule has 0 atom stereocenters. The molecule has 0 aliphatic rings. The van der Waals surface area contributed by atoms with Gasteiger partial charge in [-0.15, -0.1) is 0 Å². The van der Waals surface area contributed by atoms with Gasteiger partial charge in [0.05, 0.1) is 23.3 Å². The Hall–Kier alpha value is -1.88. The van der Waals surface area contributed by atoms with Crippen LogP contribution < -0.4 is 10.1 Å². The molecule has 0 saturated carbocycles. The van der Waals surface area contributed by atoms with Crippen LogP contribution >= 0.6 is 0 Å². The lowest BCUT2D eigenvalue weighted by Crippen LogP contribution is -2.08. The molecule has 5 heteroatoms. The maximum atomic E-state index is 5.78. The minimum atomic E-state index is 0.522. The Morgan fingerprint density at radius 2 is 2.10 bits per heavy atom. The first-order chi connectivity index (χ1) is 9.76. The van der Waals surface area contributed by atoms with Crippen molar-refractivity contribution in [2.45, 2.75) is 40.0 Å². The summed E-state index contributed by atoms with van der Waals surface area (Å²) in [6.45, 7) is 6.34. The SMILES string of the molecule is CCc1cc(COc2ccc(CNC)nc2)n(CC)n1. The average Bonchev–Trinajstić information content (AvgIpc) is 2.89. The highest BCUT2D eigenvalue weighted by atomic mass is 16.5. The molecular weight excluding hydrogens is 252 g/mol. The van der Waals surface area contributed by atoms with Gasteiger partial charge in [-0.05, 0) is 38.6 Å². The Morgan fingerprint density at radius 1 is 1.25 bits per heavy atom. The Labute approximate surface area is 120 Å². The van der Waals surface area contributed by atoms with Crippen LogP contribution in [0, 0.1) is 0 Å². The van der Waals surface area contributed by atoms with Gasteiger partial charge >= 0.3 is 0 Å². The number of aryl methyl sites for hydroxylation is 2. The van der Waals surface area contributed by atoms with E-state index >= 15 is 0 Å². The van der Waals surface area contributed by atoms with Crippen molar-refractivity contribution in [1.82, 2.24) is 20.1 Å². The normalized spacial score (nSPS) is 10.8. The minimum absolute atomic E-state index is 0.522. The summed E-state index contributed by atoms with van der Waals surface area (Å²) in [6.07, 6.45) is 2.71. The molecule has 0 spiro atoms. The van der Waals surface area contributed by atoms with E-state index < -0.39 is 0 Å². The molecule has 0 aliphatic heterocycles. The predicted octanol–water partition coefficient (Wildman–Crippen LogP) is 2.16. The second-order valence-electron chi connectivity index (χ2n) is 4.60. The molecule has 0 saturated heterocycles. The Morgan fingerprint density at radius 3 is 2.70 bits per heavy atom. The molecule has 2 aromatic rings. The topological polar surface area (TPSA) is 52.0 Å². The number of nitrogens with one attached hydrogen (secondary N) is 1. The molecule has 1 N–H and O–H groups in total. The Bertz CT molecular complexity index is 533. The molecule has 108 valence electrons. The first-order valence-corrected chi connectivity index (χ1v) is 7.04. The zero-order chi connectivity index (χ0) is 14.4. The summed E-state index contributed by atoms with van der Waals surface area (Å²) in [6, 6.07) is 6.03. The summed E-state index contributed by atoms with van der Waals surface area (Å²) in [5.41, 5.74) is 3.21. The molecule has 0 aromatic carbocycles. The molecule has 2 aromatic heterocycles. The minimum Gasteiger partial charge on any atom is -0.486 e. The van der Waals surface area contributed by atoms with Crippen molar-refractivity contribution in [2.75, 3.05) is 7.05 Å². The molecule has 0 bridgehead atoms. The average molecular weight is 274 g/mol. The molecule has 2 heterocycles. The fourth-order valence-corrected chi connectivity index (χ4v) is 2.02. The van der Waals surface area contributed by atoms with E-state index in [4.69, 9.17) is 4.74 Å². The number of hydrogen-bond acceptors (Lipinski definition) is 4. The summed E-state index contributed by atoms with van der Waals surface area (Å²) < 4.78 is 7.77. The van der Waals surface area contributed by atoms with Gasteiger partial charge in [-0.3, -0.25) is 9.67 Å². The van der Waals surface area contributed by atoms with Gasteiger partial charge < -0.3 is 10.1 Å². The smallest absolute Gasteiger partial charge is 0.138 e. The number of hydrogen-bond donors (Lipinski definition) is 1. The van der Waals surface area contributed by atoms with Crippen LogP contribution in [0.2, 0.25) is 0 Å². The summed E-state index contributed by atoms with van der Waals surface area (Å²) in [5.74, 6) is 0.784. The van der Waals surface area contributed by atoms with Crippen molar-refractivity contribution < 1.29 is 4.74 Å². The molecule has 0 radical (unpaired) electrons. The predicted molar refractivity (Wildman–Crippen MR) is 78.6 cm³/mol. The van der Waals surface area contributed by atoms with Gasteiger partial charge in [-0.25, -0.2) is 0 Å². The molecule has 0 amide bonds. The highest BCUT2D eigenvalue weighted by molar-refractivity contribution is 5.20. The fourth-order valence-electron chi connectivity index (χ4n) is 2.02. The van der Waals surface area contributed by atoms with Gasteiger partial charge in [0.25, 0.3) is 0 Å². The van der Waals surface area contributed by atoms with Crippen LogP contribution in [0.5, 0.6) is 5.75 Å². The number of nitrogens with zero attached hydrogens (tertiary/aromatic N) is 3. The van der Waals surface area contributed by atoms with Crippen LogP contribution in [0.1, 0.15) is 30.9 Å². The van der Waals surface area contributed by atoms with E-state index in [9.17, 15) is 0 Å². The van der Waals surface area contributed by atoms with Crippen molar-refractivity contribution in [3.8, 4) is 5.75 Å². The summed E-state index contributed by atoms with van der Waals surface area (Å²) in [4.78, 5) is 4.33. The van der Waals surface area contributed by atoms with Gasteiger partial charge in [0.1, 0.15) is 12.4 Å². The van der Waals surface area contributed by atoms with Crippen molar-refractivity contribution in [2.24, 2.45) is 0 Å². The van der Waals surface area contributed by atoms with E-state index in [0.717, 1.165) is 42.3 Å². The van der Waals surface area contributed by atoms with E-state index in [-0.39, 0.29) is 0 Å². The van der Waals surface area contributed by atoms with Gasteiger partial charge in [0.15, 0.2) is 0 Å². The second-order valence-corrected chi connectivity index (χ2v) is 4.60. The van der Waals surface area contributed by atoms with E-state index in [1.54, 1.807) is 6.20 Å². The molecule has 20 heavy (non-hydrogen) atoms. The van der Waals surface area contributed by atoms with Crippen LogP contribution in [-0.2, 0) is 26.1 Å². The van der Waals surface area contributed by atoms with E-state index in [1.807, 2.05) is 23.9 Å². The van der Waals surface area contributed by atoms with Crippen LogP contribution in [0.25, 0.3) is 0 Å². The van der Waals surface area contributed by atoms with Crippen molar-refractivity contribution in [1.29, 1.82) is 0 Å². The number of aromatic nitrogens is 3. The molecule has 0 fully saturated rings. The first kappa shape index (κ1) is 14.5. The van der Waals surface area contributed by atoms with Crippen molar-refractivity contribution in [3.05, 3.63) is 41.5 Å². The van der Waals surface area contributed by atoms with Gasteiger partial charge in [0, 0.05) is 13.1 Å². The van der Waals surface area contributed by atoms with Gasteiger partial charge in [-0.2, -0.15) is 5.10 Å². The number of ether oxygens (including phenoxy) is 1. The third-order valence-corrected chi connectivity index (χ3v) is 3.12. The maximum absolute atomic E-state index is 5.78. The zero-order valence-electron chi connectivity index (χ0n) is 12.4. The highest BCUT2D eigenvalue weighted by Crippen LogP contribution is 2.13. The van der Waals surface area contributed by atoms with Crippen LogP contribution in [0.3, 0.4) is 0 Å². The maximum Gasteiger partial charge on any atom is 0.138 e. The van der Waals surface area contributed by atoms with Gasteiger partial charge in [0.2, 0.25) is 0 Å². The fraction of sp³-hybridized carbons (Fsp3) is 0.467. The lowest BCUT2D eigenvalue weighted by Gasteiger charge is -2.08. The summed E-state index contributed by atoms with van der Waals surface area (Å²) in [7, 11) is 1.91. The summed E-state index contributed by atoms with van der Waals surface area (Å²) in [5, 5.41) is 7.58. The Balaban J connectivity index is 1.99. The molecule has 0 unspecified atom stereocenters. The van der Waals surface area contributed by atoms with Crippen molar-refractivity contribution >= 4 is 0 Å². The van der Waals surface area contributed by atoms with Crippen LogP contribution in [-0.4, -0.2) is 21.8 Å². The molecule has 0 aliphatic carbocycles. The van der Waals surface area contributed by atoms with E-state index in [2.05, 4.69) is 35.3 Å². The van der Waals surface area contributed by atoms with E-state index in [1.165, 1.54) is 0 Å². The number of rotatable bonds is 7. The lowest BCUT2D eigenvalue weighted by molar-refractivity contribution is 0.291. The van der Waals surface area contributed by atoms with Crippen LogP contribution in [0.4, 0.5) is 0 Å². The quantitative estimate of drug-likeness (QED) is 0.840. The highest BCUT2D eigenvalue weighted by Gasteiger charge is 2.06. The first-order valence-electron chi connectivity index (χ1n) is 7.04. The largest absolute Gasteiger partial charge is 0.486 e. The second kappa shape index (κ2) is 7.05. The Kier molecular flexibility index (Phi) is 5.12. The van der Waals surface area contributed by atoms with Gasteiger partial charge in [-0.1, -0.05) is 6.92 Å². The molecule has 5 nitrogen and oxygen atoms in total. The third kappa shape index (κ3) is 3.57. The third-order valence-electron chi connectivity index (χ3n) is 3.12. The number of pyridine rings is 1. The van der Waals surface area contributed by atoms with E-state index in [0.29, 0.717) is 6.61 Å². The van der Waals surface area contributed by atoms with Crippen LogP contribution in [0.15, 0.2) is 24.4 Å². The lowest BCUT2D eigenvalue weighted by atomic mass is 10.3.